The standard InChI is InChI=1S/C31H38F3N7O3/c1-22-6-5-10-40(16-22)17-23-7-8-24(26(12-23)31(32,33)34)18-41(42)27-13-25(14-29(37-27)44-11-4-3-9-35)30(19-43-20-30)15-28-38-36-21-39(28)2/h7-8,12-14,21-22,42H,3-6,10-11,15-20H2,1-2H3/t22-/m0/s1. The van der Waals surface area contributed by atoms with Gasteiger partial charge >= 0.3 is 6.18 Å². The van der Waals surface area contributed by atoms with Gasteiger partial charge in [0.2, 0.25) is 5.88 Å². The van der Waals surface area contributed by atoms with Crippen molar-refractivity contribution in [3.63, 3.8) is 0 Å². The number of alkyl halides is 3. The van der Waals surface area contributed by atoms with Crippen molar-refractivity contribution in [3.05, 3.63) is 64.7 Å². The third-order valence-electron chi connectivity index (χ3n) is 8.35. The quantitative estimate of drug-likeness (QED) is 0.222. The lowest BCUT2D eigenvalue weighted by molar-refractivity contribution is -0.138. The topological polar surface area (TPSA) is 113 Å². The predicted molar refractivity (Wildman–Crippen MR) is 155 cm³/mol. The average molecular weight is 614 g/mol. The highest BCUT2D eigenvalue weighted by atomic mass is 19.4. The van der Waals surface area contributed by atoms with Gasteiger partial charge in [-0.05, 0) is 60.5 Å². The summed E-state index contributed by atoms with van der Waals surface area (Å²) in [6.45, 7) is 4.86. The number of hydroxylamine groups is 1. The number of aromatic nitrogens is 4. The van der Waals surface area contributed by atoms with Gasteiger partial charge in [-0.25, -0.2) is 5.06 Å². The fraction of sp³-hybridized carbons (Fsp3) is 0.548. The highest BCUT2D eigenvalue weighted by Gasteiger charge is 2.43. The minimum Gasteiger partial charge on any atom is -0.478 e. The predicted octanol–water partition coefficient (Wildman–Crippen LogP) is 5.05. The third kappa shape index (κ3) is 7.49. The zero-order valence-electron chi connectivity index (χ0n) is 25.1. The average Bonchev–Trinajstić information content (AvgIpc) is 3.37. The summed E-state index contributed by atoms with van der Waals surface area (Å²) in [5.74, 6) is 1.49. The van der Waals surface area contributed by atoms with Gasteiger partial charge in [0, 0.05) is 44.5 Å². The number of aryl methyl sites for hydroxylation is 1. The highest BCUT2D eigenvalue weighted by molar-refractivity contribution is 5.47. The molecule has 0 aliphatic carbocycles. The molecule has 0 bridgehead atoms. The van der Waals surface area contributed by atoms with Gasteiger partial charge in [0.05, 0.1) is 38.0 Å². The van der Waals surface area contributed by atoms with Crippen LogP contribution in [0.5, 0.6) is 5.88 Å². The number of likely N-dealkylation sites (tertiary alicyclic amines) is 1. The Kier molecular flexibility index (Phi) is 9.72. The molecule has 2 aliphatic heterocycles. The van der Waals surface area contributed by atoms with Crippen LogP contribution in [0, 0.1) is 17.2 Å². The number of hydrogen-bond acceptors (Lipinski definition) is 9. The number of pyridine rings is 1. The highest BCUT2D eigenvalue weighted by Crippen LogP contribution is 2.39. The first-order chi connectivity index (χ1) is 21.1. The Morgan fingerprint density at radius 1 is 1.25 bits per heavy atom. The van der Waals surface area contributed by atoms with Gasteiger partial charge in [-0.1, -0.05) is 19.1 Å². The summed E-state index contributed by atoms with van der Waals surface area (Å²) in [6, 6.07) is 9.80. The number of benzene rings is 1. The molecule has 1 N–H and O–H groups in total. The lowest BCUT2D eigenvalue weighted by atomic mass is 9.76. The van der Waals surface area contributed by atoms with Crippen LogP contribution >= 0.6 is 0 Å². The van der Waals surface area contributed by atoms with Crippen LogP contribution in [0.25, 0.3) is 0 Å². The van der Waals surface area contributed by atoms with E-state index in [0.717, 1.165) is 42.4 Å². The van der Waals surface area contributed by atoms with Crippen molar-refractivity contribution in [2.24, 2.45) is 13.0 Å². The van der Waals surface area contributed by atoms with E-state index in [-0.39, 0.29) is 23.9 Å². The summed E-state index contributed by atoms with van der Waals surface area (Å²) < 4.78 is 56.1. The largest absolute Gasteiger partial charge is 0.478 e. The first-order valence-corrected chi connectivity index (χ1v) is 14.9. The number of nitrogens with zero attached hydrogens (tertiary/aromatic N) is 7. The molecule has 236 valence electrons. The Bertz CT molecular complexity index is 1470. The van der Waals surface area contributed by atoms with Gasteiger partial charge in [0.15, 0.2) is 5.82 Å². The second-order valence-corrected chi connectivity index (χ2v) is 12.0. The molecule has 2 saturated heterocycles. The summed E-state index contributed by atoms with van der Waals surface area (Å²) in [6.07, 6.45) is 0.437. The number of nitriles is 1. The number of hydrogen-bond donors (Lipinski definition) is 1. The van der Waals surface area contributed by atoms with Gasteiger partial charge in [0.25, 0.3) is 0 Å². The Morgan fingerprint density at radius 3 is 2.73 bits per heavy atom. The summed E-state index contributed by atoms with van der Waals surface area (Å²) in [5.41, 5.74) is -0.0409. The fourth-order valence-electron chi connectivity index (χ4n) is 5.88. The zero-order chi connectivity index (χ0) is 31.3. The molecule has 2 aliphatic rings. The number of halogens is 3. The van der Waals surface area contributed by atoms with Crippen LogP contribution in [0.4, 0.5) is 19.0 Å². The molecule has 4 heterocycles. The van der Waals surface area contributed by atoms with Crippen molar-refractivity contribution in [1.82, 2.24) is 24.6 Å². The molecule has 13 heteroatoms. The summed E-state index contributed by atoms with van der Waals surface area (Å²) in [4.78, 5) is 6.61. The van der Waals surface area contributed by atoms with Crippen LogP contribution in [-0.4, -0.2) is 62.8 Å². The van der Waals surface area contributed by atoms with E-state index in [1.165, 1.54) is 12.1 Å². The van der Waals surface area contributed by atoms with Gasteiger partial charge in [-0.2, -0.15) is 23.4 Å². The molecule has 0 amide bonds. The molecule has 10 nitrogen and oxygen atoms in total. The molecular formula is C31H38F3N7O3. The Balaban J connectivity index is 1.42. The molecular weight excluding hydrogens is 575 g/mol. The van der Waals surface area contributed by atoms with Crippen LogP contribution in [0.2, 0.25) is 0 Å². The maximum atomic E-state index is 14.3. The van der Waals surface area contributed by atoms with Crippen molar-refractivity contribution < 1.29 is 27.9 Å². The van der Waals surface area contributed by atoms with Gasteiger partial charge in [-0.3, -0.25) is 10.1 Å². The monoisotopic (exact) mass is 613 g/mol. The van der Waals surface area contributed by atoms with Crippen molar-refractivity contribution >= 4 is 5.82 Å². The first-order valence-electron chi connectivity index (χ1n) is 14.9. The molecule has 0 spiro atoms. The Morgan fingerprint density at radius 2 is 2.07 bits per heavy atom. The third-order valence-corrected chi connectivity index (χ3v) is 8.35. The first kappa shape index (κ1) is 31.7. The van der Waals surface area contributed by atoms with Crippen LogP contribution in [0.3, 0.4) is 0 Å². The molecule has 0 radical (unpaired) electrons. The maximum Gasteiger partial charge on any atom is 0.416 e. The Labute approximate surface area is 255 Å². The van der Waals surface area contributed by atoms with Crippen LogP contribution in [0.1, 0.15) is 60.7 Å². The van der Waals surface area contributed by atoms with E-state index in [1.807, 2.05) is 11.6 Å². The van der Waals surface area contributed by atoms with E-state index in [2.05, 4.69) is 33.1 Å². The molecule has 44 heavy (non-hydrogen) atoms. The number of rotatable bonds is 12. The minimum atomic E-state index is -4.60. The lowest BCUT2D eigenvalue weighted by Gasteiger charge is -2.42. The molecule has 0 unspecified atom stereocenters. The summed E-state index contributed by atoms with van der Waals surface area (Å²) in [7, 11) is 1.84. The van der Waals surface area contributed by atoms with Crippen molar-refractivity contribution in [2.45, 2.75) is 63.7 Å². The van der Waals surface area contributed by atoms with E-state index >= 15 is 0 Å². The van der Waals surface area contributed by atoms with E-state index in [9.17, 15) is 18.4 Å². The van der Waals surface area contributed by atoms with E-state index in [4.69, 9.17) is 14.7 Å². The fourth-order valence-corrected chi connectivity index (χ4v) is 5.88. The van der Waals surface area contributed by atoms with Gasteiger partial charge in [-0.15, -0.1) is 10.2 Å². The van der Waals surface area contributed by atoms with Crippen molar-refractivity contribution in [1.29, 1.82) is 5.26 Å². The van der Waals surface area contributed by atoms with Crippen LogP contribution in [0.15, 0.2) is 36.7 Å². The zero-order valence-corrected chi connectivity index (χ0v) is 25.1. The second kappa shape index (κ2) is 13.5. The second-order valence-electron chi connectivity index (χ2n) is 12.0. The molecule has 0 saturated carbocycles. The SMILES string of the molecule is C[C@H]1CCCN(Cc2ccc(CN(O)c3cc(C4(Cc5nncn5C)COC4)cc(OCCCC#N)n3)c(C(F)(F)F)c2)C1. The van der Waals surface area contributed by atoms with E-state index in [1.54, 1.807) is 24.5 Å². The number of unbranched alkanes of at least 4 members (excludes halogenated alkanes) is 1. The Hall–Kier alpha value is -3.73. The van der Waals surface area contributed by atoms with Crippen LogP contribution < -0.4 is 9.80 Å². The molecule has 5 rings (SSSR count). The molecule has 1 atom stereocenters. The lowest BCUT2D eigenvalue weighted by Crippen LogP contribution is -2.49. The van der Waals surface area contributed by atoms with E-state index < -0.39 is 23.7 Å². The van der Waals surface area contributed by atoms with E-state index in [0.29, 0.717) is 50.5 Å². The van der Waals surface area contributed by atoms with Crippen molar-refractivity contribution in [2.75, 3.05) is 38.0 Å². The molecule has 3 aromatic rings. The van der Waals surface area contributed by atoms with Gasteiger partial charge in [0.1, 0.15) is 12.2 Å². The maximum absolute atomic E-state index is 14.3. The summed E-state index contributed by atoms with van der Waals surface area (Å²) >= 11 is 0. The number of ether oxygens (including phenoxy) is 2. The number of piperidine rings is 1. The summed E-state index contributed by atoms with van der Waals surface area (Å²) in [5, 5.41) is 28.9. The minimum absolute atomic E-state index is 0.0431. The number of anilines is 1. The molecule has 2 aromatic heterocycles. The normalized spacial score (nSPS) is 18.4. The van der Waals surface area contributed by atoms with Crippen molar-refractivity contribution in [3.8, 4) is 11.9 Å². The van der Waals surface area contributed by atoms with Crippen LogP contribution in [-0.2, 0) is 42.9 Å². The molecule has 2 fully saturated rings. The van der Waals surface area contributed by atoms with Gasteiger partial charge < -0.3 is 14.0 Å². The molecule has 1 aromatic carbocycles. The smallest absolute Gasteiger partial charge is 0.416 e.